The molecule has 2 heteroatoms. The zero-order chi connectivity index (χ0) is 32.5. The van der Waals surface area contributed by atoms with Gasteiger partial charge in [0.2, 0.25) is 0 Å². The van der Waals surface area contributed by atoms with Gasteiger partial charge in [0.15, 0.2) is 0 Å². The Morgan fingerprint density at radius 3 is 1.14 bits per heavy atom. The van der Waals surface area contributed by atoms with Crippen LogP contribution in [0.15, 0.2) is 170 Å². The van der Waals surface area contributed by atoms with Crippen molar-refractivity contribution in [3.8, 4) is 22.5 Å². The van der Waals surface area contributed by atoms with E-state index in [4.69, 9.17) is 0 Å². The summed E-state index contributed by atoms with van der Waals surface area (Å²) in [6, 6.07) is 63.1. The van der Waals surface area contributed by atoms with Gasteiger partial charge in [-0.3, -0.25) is 0 Å². The minimum absolute atomic E-state index is 1.21. The van der Waals surface area contributed by atoms with Crippen LogP contribution >= 0.6 is 0 Å². The number of hydrogen-bond acceptors (Lipinski definition) is 0. The van der Waals surface area contributed by atoms with Crippen LogP contribution in [-0.4, -0.2) is 9.13 Å². The third kappa shape index (κ3) is 3.37. The van der Waals surface area contributed by atoms with E-state index in [0.717, 1.165) is 0 Å². The Balaban J connectivity index is 1.21. The average Bonchev–Trinajstić information content (AvgIpc) is 3.69. The highest BCUT2D eigenvalue weighted by molar-refractivity contribution is 6.27. The van der Waals surface area contributed by atoms with Gasteiger partial charge >= 0.3 is 0 Å². The minimum atomic E-state index is 1.21. The van der Waals surface area contributed by atoms with Crippen LogP contribution in [0.25, 0.3) is 109 Å². The maximum absolute atomic E-state index is 2.50. The largest absolute Gasteiger partial charge is 0.309 e. The van der Waals surface area contributed by atoms with E-state index in [0.29, 0.717) is 0 Å². The molecule has 0 atom stereocenters. The monoisotopic (exact) mass is 632 g/mol. The van der Waals surface area contributed by atoms with E-state index >= 15 is 0 Å². The zero-order valence-corrected chi connectivity index (χ0v) is 27.1. The molecule has 0 amide bonds. The summed E-state index contributed by atoms with van der Waals surface area (Å²) in [5.74, 6) is 0. The molecule has 2 heterocycles. The fourth-order valence-corrected chi connectivity index (χ4v) is 9.05. The Labute approximate surface area is 287 Å². The standard InChI is InChI=1S/C48H28N2/c1-3-15-37-29(9-1)11-5-17-39(37)49-41-19-7-13-31-21-23-33-25-35(27-43(49)47(33)45(31)41)36-26-34-24-22-32-14-8-20-42-46(32)48(34)44(28-36)50(42)40-18-6-12-30-10-2-4-16-38(30)40/h1-28H. The minimum Gasteiger partial charge on any atom is -0.309 e. The van der Waals surface area contributed by atoms with E-state index in [9.17, 15) is 0 Å². The maximum atomic E-state index is 2.50. The fourth-order valence-electron chi connectivity index (χ4n) is 9.05. The van der Waals surface area contributed by atoms with Crippen molar-refractivity contribution >= 4 is 86.7 Å². The first kappa shape index (κ1) is 26.3. The fraction of sp³-hybridized carbons (Fsp3) is 0. The van der Waals surface area contributed by atoms with Gasteiger partial charge in [-0.1, -0.05) is 121 Å². The number of nitrogens with zero attached hydrogens (tertiary/aromatic N) is 2. The lowest BCUT2D eigenvalue weighted by atomic mass is 9.94. The first-order valence-electron chi connectivity index (χ1n) is 17.4. The van der Waals surface area contributed by atoms with Crippen molar-refractivity contribution in [3.63, 3.8) is 0 Å². The van der Waals surface area contributed by atoms with Gasteiger partial charge < -0.3 is 9.13 Å². The van der Waals surface area contributed by atoms with E-state index in [1.165, 1.54) is 109 Å². The summed E-state index contributed by atoms with van der Waals surface area (Å²) >= 11 is 0. The Kier molecular flexibility index (Phi) is 5.00. The molecule has 0 N–H and O–H groups in total. The lowest BCUT2D eigenvalue weighted by Crippen LogP contribution is -1.96. The SMILES string of the molecule is c1ccc2c(-n3c4cccc5ccc6cc(-c7cc8ccc9cccc%10c9c8c(c7)n%10-c7cccc8ccccc78)cc3c6c54)cccc2c1. The van der Waals surface area contributed by atoms with E-state index in [1.54, 1.807) is 0 Å². The van der Waals surface area contributed by atoms with Crippen LogP contribution < -0.4 is 0 Å². The van der Waals surface area contributed by atoms with Crippen LogP contribution in [0.1, 0.15) is 0 Å². The van der Waals surface area contributed by atoms with Crippen molar-refractivity contribution in [2.75, 3.05) is 0 Å². The zero-order valence-electron chi connectivity index (χ0n) is 27.1. The molecule has 230 valence electrons. The lowest BCUT2D eigenvalue weighted by Gasteiger charge is -2.14. The molecule has 0 bridgehead atoms. The first-order valence-corrected chi connectivity index (χ1v) is 17.4. The van der Waals surface area contributed by atoms with Gasteiger partial charge in [-0.2, -0.15) is 0 Å². The van der Waals surface area contributed by atoms with Gasteiger partial charge in [-0.05, 0) is 92.0 Å². The molecule has 2 nitrogen and oxygen atoms in total. The predicted octanol–water partition coefficient (Wildman–Crippen LogP) is 13.0. The molecule has 0 aliphatic heterocycles. The molecule has 12 rings (SSSR count). The van der Waals surface area contributed by atoms with Crippen LogP contribution in [0.5, 0.6) is 0 Å². The van der Waals surface area contributed by atoms with Crippen LogP contribution in [-0.2, 0) is 0 Å². The number of rotatable bonds is 3. The Morgan fingerprint density at radius 2 is 0.640 bits per heavy atom. The van der Waals surface area contributed by atoms with Crippen molar-refractivity contribution in [1.82, 2.24) is 9.13 Å². The third-order valence-electron chi connectivity index (χ3n) is 11.1. The van der Waals surface area contributed by atoms with Crippen LogP contribution in [0.3, 0.4) is 0 Å². The summed E-state index contributed by atoms with van der Waals surface area (Å²) in [6.45, 7) is 0. The molecule has 0 saturated carbocycles. The number of aromatic nitrogens is 2. The highest BCUT2D eigenvalue weighted by Gasteiger charge is 2.22. The first-order chi connectivity index (χ1) is 24.8. The Bertz CT molecular complexity index is 3080. The molecule has 12 aromatic rings. The summed E-state index contributed by atoms with van der Waals surface area (Å²) in [7, 11) is 0. The van der Waals surface area contributed by atoms with E-state index < -0.39 is 0 Å². The van der Waals surface area contributed by atoms with Crippen molar-refractivity contribution in [2.24, 2.45) is 0 Å². The second-order valence-electron chi connectivity index (χ2n) is 13.7. The molecule has 0 unspecified atom stereocenters. The lowest BCUT2D eigenvalue weighted by molar-refractivity contribution is 1.20. The van der Waals surface area contributed by atoms with Crippen molar-refractivity contribution < 1.29 is 0 Å². The number of benzene rings is 10. The molecule has 0 fully saturated rings. The maximum Gasteiger partial charge on any atom is 0.0553 e. The number of hydrogen-bond donors (Lipinski definition) is 0. The smallest absolute Gasteiger partial charge is 0.0553 e. The van der Waals surface area contributed by atoms with Crippen molar-refractivity contribution in [2.45, 2.75) is 0 Å². The van der Waals surface area contributed by atoms with Crippen molar-refractivity contribution in [3.05, 3.63) is 170 Å². The molecule has 0 spiro atoms. The van der Waals surface area contributed by atoms with Crippen LogP contribution in [0.2, 0.25) is 0 Å². The van der Waals surface area contributed by atoms with Crippen molar-refractivity contribution in [1.29, 1.82) is 0 Å². The summed E-state index contributed by atoms with van der Waals surface area (Å²) in [4.78, 5) is 0. The molecule has 0 aliphatic carbocycles. The van der Waals surface area contributed by atoms with Gasteiger partial charge in [0.1, 0.15) is 0 Å². The molecule has 0 aliphatic rings. The molecular weight excluding hydrogens is 605 g/mol. The third-order valence-corrected chi connectivity index (χ3v) is 11.1. The summed E-state index contributed by atoms with van der Waals surface area (Å²) in [5, 5.41) is 15.4. The number of fused-ring (bicyclic) bond motifs is 2. The highest BCUT2D eigenvalue weighted by atomic mass is 15.0. The second kappa shape index (κ2) is 9.49. The quantitative estimate of drug-likeness (QED) is 0.172. The summed E-state index contributed by atoms with van der Waals surface area (Å²) in [5.41, 5.74) is 9.82. The highest BCUT2D eigenvalue weighted by Crippen LogP contribution is 2.45. The molecule has 0 radical (unpaired) electrons. The molecule has 10 aromatic carbocycles. The van der Waals surface area contributed by atoms with Gasteiger partial charge in [0, 0.05) is 32.3 Å². The van der Waals surface area contributed by atoms with Crippen LogP contribution in [0, 0.1) is 0 Å². The molecule has 2 aromatic heterocycles. The summed E-state index contributed by atoms with van der Waals surface area (Å²) < 4.78 is 5.00. The molecule has 50 heavy (non-hydrogen) atoms. The average molecular weight is 633 g/mol. The van der Waals surface area contributed by atoms with E-state index in [-0.39, 0.29) is 0 Å². The molecular formula is C48H28N2. The van der Waals surface area contributed by atoms with Gasteiger partial charge in [-0.25, -0.2) is 0 Å². The predicted molar refractivity (Wildman–Crippen MR) is 213 cm³/mol. The molecule has 0 saturated heterocycles. The normalized spacial score (nSPS) is 12.4. The van der Waals surface area contributed by atoms with Crippen LogP contribution in [0.4, 0.5) is 0 Å². The van der Waals surface area contributed by atoms with Gasteiger partial charge in [0.05, 0.1) is 33.4 Å². The summed E-state index contributed by atoms with van der Waals surface area (Å²) in [6.07, 6.45) is 0. The Morgan fingerprint density at radius 1 is 0.260 bits per heavy atom. The second-order valence-corrected chi connectivity index (χ2v) is 13.7. The Hall–Kier alpha value is -6.64. The van der Waals surface area contributed by atoms with Gasteiger partial charge in [-0.15, -0.1) is 0 Å². The van der Waals surface area contributed by atoms with Gasteiger partial charge in [0.25, 0.3) is 0 Å². The van der Waals surface area contributed by atoms with E-state index in [1.807, 2.05) is 0 Å². The van der Waals surface area contributed by atoms with E-state index in [2.05, 4.69) is 179 Å². The topological polar surface area (TPSA) is 9.86 Å².